The Balaban J connectivity index is 2.01. The minimum absolute atomic E-state index is 0.0228. The third-order valence-corrected chi connectivity index (χ3v) is 6.73. The van der Waals surface area contributed by atoms with Crippen molar-refractivity contribution in [3.8, 4) is 0 Å². The Labute approximate surface area is 177 Å². The van der Waals surface area contributed by atoms with Gasteiger partial charge in [-0.2, -0.15) is 0 Å². The summed E-state index contributed by atoms with van der Waals surface area (Å²) in [6, 6.07) is 19.8. The molecule has 4 aromatic rings. The molecule has 4 rings (SSSR count). The van der Waals surface area contributed by atoms with Crippen molar-refractivity contribution in [3.05, 3.63) is 105 Å². The molecule has 0 bridgehead atoms. The first-order chi connectivity index (χ1) is 14.3. The number of benzene rings is 3. The second kappa shape index (κ2) is 7.56. The van der Waals surface area contributed by atoms with Gasteiger partial charge in [0.1, 0.15) is 6.10 Å². The molecule has 0 fully saturated rings. The van der Waals surface area contributed by atoms with Crippen LogP contribution in [0.25, 0.3) is 10.9 Å². The van der Waals surface area contributed by atoms with Crippen LogP contribution in [-0.4, -0.2) is 22.4 Å². The molecule has 0 aliphatic heterocycles. The highest BCUT2D eigenvalue weighted by atomic mass is 35.5. The third-order valence-electron chi connectivity index (χ3n) is 4.74. The van der Waals surface area contributed by atoms with E-state index in [2.05, 4.69) is 0 Å². The lowest BCUT2D eigenvalue weighted by atomic mass is 10.0. The van der Waals surface area contributed by atoms with Crippen LogP contribution in [0.5, 0.6) is 0 Å². The second-order valence-corrected chi connectivity index (χ2v) is 8.80. The first kappa shape index (κ1) is 20.1. The molecule has 0 radical (unpaired) electrons. The molecule has 0 aliphatic carbocycles. The summed E-state index contributed by atoms with van der Waals surface area (Å²) in [5.41, 5.74) is -0.133. The highest BCUT2D eigenvalue weighted by Crippen LogP contribution is 2.36. The van der Waals surface area contributed by atoms with Gasteiger partial charge in [-0.15, -0.1) is 0 Å². The number of aliphatic hydroxyl groups is 1. The van der Waals surface area contributed by atoms with Crippen molar-refractivity contribution in [2.24, 2.45) is 0 Å². The lowest BCUT2D eigenvalue weighted by Crippen LogP contribution is -2.18. The fourth-order valence-electron chi connectivity index (χ4n) is 3.38. The fourth-order valence-corrected chi connectivity index (χ4v) is 5.13. The number of nitrogens with zero attached hydrogens (tertiary/aromatic N) is 2. The van der Waals surface area contributed by atoms with Gasteiger partial charge < -0.3 is 5.11 Å². The minimum atomic E-state index is -4.10. The van der Waals surface area contributed by atoms with Crippen LogP contribution in [0.1, 0.15) is 17.4 Å². The predicted molar refractivity (Wildman–Crippen MR) is 113 cm³/mol. The number of nitro benzene ring substituents is 1. The monoisotopic (exact) mass is 442 g/mol. The van der Waals surface area contributed by atoms with E-state index in [0.29, 0.717) is 10.9 Å². The summed E-state index contributed by atoms with van der Waals surface area (Å²) in [5.74, 6) is 0. The Morgan fingerprint density at radius 3 is 2.33 bits per heavy atom. The number of hydrogen-bond donors (Lipinski definition) is 1. The zero-order valence-electron chi connectivity index (χ0n) is 15.3. The van der Waals surface area contributed by atoms with Gasteiger partial charge in [-0.3, -0.25) is 10.1 Å². The summed E-state index contributed by atoms with van der Waals surface area (Å²) in [4.78, 5) is 10.9. The summed E-state index contributed by atoms with van der Waals surface area (Å²) in [5, 5.41) is 23.3. The average molecular weight is 443 g/mol. The number of aliphatic hydroxyl groups excluding tert-OH is 1. The van der Waals surface area contributed by atoms with Crippen molar-refractivity contribution < 1.29 is 18.4 Å². The largest absolute Gasteiger partial charge is 0.382 e. The fraction of sp³-hybridized carbons (Fsp3) is 0.0476. The molecule has 1 unspecified atom stereocenters. The van der Waals surface area contributed by atoms with Crippen molar-refractivity contribution in [3.63, 3.8) is 0 Å². The van der Waals surface area contributed by atoms with Crippen LogP contribution in [0, 0.1) is 10.1 Å². The number of halogens is 1. The van der Waals surface area contributed by atoms with Crippen LogP contribution in [-0.2, 0) is 10.0 Å². The Morgan fingerprint density at radius 1 is 0.967 bits per heavy atom. The lowest BCUT2D eigenvalue weighted by molar-refractivity contribution is -0.386. The number of fused-ring (bicyclic) bond motifs is 1. The molecule has 1 atom stereocenters. The molecule has 9 heteroatoms. The molecule has 152 valence electrons. The Bertz CT molecular complexity index is 1370. The average Bonchev–Trinajstić information content (AvgIpc) is 3.14. The van der Waals surface area contributed by atoms with Crippen molar-refractivity contribution in [1.29, 1.82) is 0 Å². The molecular formula is C21H15ClN2O5S. The minimum Gasteiger partial charge on any atom is -0.382 e. The van der Waals surface area contributed by atoms with Gasteiger partial charge in [0, 0.05) is 16.5 Å². The van der Waals surface area contributed by atoms with E-state index >= 15 is 0 Å². The summed E-state index contributed by atoms with van der Waals surface area (Å²) in [7, 11) is -4.10. The summed E-state index contributed by atoms with van der Waals surface area (Å²) < 4.78 is 27.9. The van der Waals surface area contributed by atoms with Crippen LogP contribution in [0.2, 0.25) is 5.02 Å². The maximum Gasteiger partial charge on any atom is 0.275 e. The summed E-state index contributed by atoms with van der Waals surface area (Å²) >= 11 is 6.00. The van der Waals surface area contributed by atoms with Crippen LogP contribution in [0.15, 0.2) is 83.8 Å². The van der Waals surface area contributed by atoms with E-state index < -0.39 is 21.1 Å². The number of hydrogen-bond acceptors (Lipinski definition) is 5. The molecule has 3 aromatic carbocycles. The van der Waals surface area contributed by atoms with Gasteiger partial charge in [-0.1, -0.05) is 48.0 Å². The molecule has 1 aromatic heterocycles. The number of aromatic nitrogens is 1. The zero-order valence-corrected chi connectivity index (χ0v) is 16.9. The van der Waals surface area contributed by atoms with Gasteiger partial charge in [-0.05, 0) is 36.4 Å². The van der Waals surface area contributed by atoms with Crippen molar-refractivity contribution in [1.82, 2.24) is 3.97 Å². The van der Waals surface area contributed by atoms with E-state index in [-0.39, 0.29) is 26.9 Å². The molecule has 0 aliphatic rings. The molecule has 0 saturated heterocycles. The maximum atomic E-state index is 13.4. The number of para-hydroxylation sites is 1. The lowest BCUT2D eigenvalue weighted by Gasteiger charge is -2.17. The second-order valence-electron chi connectivity index (χ2n) is 6.57. The quantitative estimate of drug-likeness (QED) is 0.361. The van der Waals surface area contributed by atoms with E-state index in [4.69, 9.17) is 11.6 Å². The highest BCUT2D eigenvalue weighted by molar-refractivity contribution is 7.90. The first-order valence-corrected chi connectivity index (χ1v) is 10.7. The third kappa shape index (κ3) is 3.35. The molecular weight excluding hydrogens is 428 g/mol. The standard InChI is InChI=1S/C21H15ClN2O5S/c22-15-10-11-19(24(26)27)17(13-15)21(25)20-12-14-6-4-5-9-18(14)23(20)30(28,29)16-7-2-1-3-8-16/h1-13,21,25H. The molecule has 7 nitrogen and oxygen atoms in total. The van der Waals surface area contributed by atoms with Crippen molar-refractivity contribution in [2.45, 2.75) is 11.0 Å². The van der Waals surface area contributed by atoms with E-state index in [1.54, 1.807) is 42.5 Å². The first-order valence-electron chi connectivity index (χ1n) is 8.83. The van der Waals surface area contributed by atoms with Crippen molar-refractivity contribution in [2.75, 3.05) is 0 Å². The molecule has 0 saturated carbocycles. The molecule has 1 heterocycles. The van der Waals surface area contributed by atoms with Gasteiger partial charge in [0.2, 0.25) is 0 Å². The Kier molecular flexibility index (Phi) is 5.07. The molecule has 30 heavy (non-hydrogen) atoms. The predicted octanol–water partition coefficient (Wildman–Crippen LogP) is 4.52. The number of nitro groups is 1. The zero-order chi connectivity index (χ0) is 21.5. The topological polar surface area (TPSA) is 102 Å². The van der Waals surface area contributed by atoms with E-state index in [0.717, 1.165) is 3.97 Å². The smallest absolute Gasteiger partial charge is 0.275 e. The Hall–Kier alpha value is -3.20. The van der Waals surface area contributed by atoms with Gasteiger partial charge in [0.05, 0.1) is 26.6 Å². The van der Waals surface area contributed by atoms with Crippen LogP contribution in [0.4, 0.5) is 5.69 Å². The van der Waals surface area contributed by atoms with Gasteiger partial charge in [0.15, 0.2) is 0 Å². The molecule has 0 amide bonds. The van der Waals surface area contributed by atoms with Gasteiger partial charge >= 0.3 is 0 Å². The van der Waals surface area contributed by atoms with E-state index in [9.17, 15) is 23.6 Å². The number of rotatable bonds is 5. The normalized spacial score (nSPS) is 12.7. The van der Waals surface area contributed by atoms with Crippen LogP contribution in [0.3, 0.4) is 0 Å². The maximum absolute atomic E-state index is 13.4. The summed E-state index contributed by atoms with van der Waals surface area (Å²) in [6.07, 6.45) is -1.60. The van der Waals surface area contributed by atoms with Crippen LogP contribution < -0.4 is 0 Å². The van der Waals surface area contributed by atoms with E-state index in [1.165, 1.54) is 36.4 Å². The Morgan fingerprint density at radius 2 is 1.63 bits per heavy atom. The highest BCUT2D eigenvalue weighted by Gasteiger charge is 2.30. The van der Waals surface area contributed by atoms with E-state index in [1.807, 2.05) is 0 Å². The summed E-state index contributed by atoms with van der Waals surface area (Å²) in [6.45, 7) is 0. The van der Waals surface area contributed by atoms with Crippen molar-refractivity contribution >= 4 is 38.2 Å². The molecule has 1 N–H and O–H groups in total. The van der Waals surface area contributed by atoms with Crippen LogP contribution >= 0.6 is 11.6 Å². The SMILES string of the molecule is O=[N+]([O-])c1ccc(Cl)cc1C(O)c1cc2ccccc2n1S(=O)(=O)c1ccccc1. The molecule has 0 spiro atoms. The van der Waals surface area contributed by atoms with Gasteiger partial charge in [-0.25, -0.2) is 12.4 Å². The van der Waals surface area contributed by atoms with Gasteiger partial charge in [0.25, 0.3) is 15.7 Å².